The maximum absolute atomic E-state index is 11.8. The number of amides is 2. The first-order chi connectivity index (χ1) is 9.54. The number of aromatic nitrogens is 1. The average Bonchev–Trinajstić information content (AvgIpc) is 2.38. The molecule has 5 nitrogen and oxygen atoms in total. The monoisotopic (exact) mass is 269 g/mol. The van der Waals surface area contributed by atoms with Crippen molar-refractivity contribution in [3.05, 3.63) is 53.7 Å². The number of aryl methyl sites for hydroxylation is 2. The highest BCUT2D eigenvalue weighted by molar-refractivity contribution is 6.43. The SMILES string of the molecule is Cc1cccc(NC(=O)C(=O)Nc2cccc(C)n2)c1. The predicted molar refractivity (Wildman–Crippen MR) is 77.4 cm³/mol. The van der Waals surface area contributed by atoms with E-state index < -0.39 is 11.8 Å². The molecule has 5 heteroatoms. The zero-order chi connectivity index (χ0) is 14.5. The topological polar surface area (TPSA) is 71.1 Å². The summed E-state index contributed by atoms with van der Waals surface area (Å²) in [5, 5.41) is 4.99. The molecule has 2 aromatic rings. The summed E-state index contributed by atoms with van der Waals surface area (Å²) in [6, 6.07) is 12.4. The van der Waals surface area contributed by atoms with E-state index in [1.807, 2.05) is 32.0 Å². The van der Waals surface area contributed by atoms with Crippen LogP contribution in [0.1, 0.15) is 11.3 Å². The van der Waals surface area contributed by atoms with Crippen molar-refractivity contribution in [1.29, 1.82) is 0 Å². The Morgan fingerprint density at radius 2 is 1.65 bits per heavy atom. The lowest BCUT2D eigenvalue weighted by Gasteiger charge is -2.07. The van der Waals surface area contributed by atoms with Gasteiger partial charge in [0, 0.05) is 11.4 Å². The Labute approximate surface area is 117 Å². The average molecular weight is 269 g/mol. The largest absolute Gasteiger partial charge is 0.318 e. The number of hydrogen-bond donors (Lipinski definition) is 2. The van der Waals surface area contributed by atoms with Gasteiger partial charge in [-0.1, -0.05) is 18.2 Å². The van der Waals surface area contributed by atoms with Gasteiger partial charge in [-0.05, 0) is 43.7 Å². The second-order valence-corrected chi connectivity index (χ2v) is 4.44. The van der Waals surface area contributed by atoms with E-state index in [0.717, 1.165) is 11.3 Å². The Hall–Kier alpha value is -2.69. The molecule has 0 atom stereocenters. The van der Waals surface area contributed by atoms with Crippen LogP contribution >= 0.6 is 0 Å². The lowest BCUT2D eigenvalue weighted by Crippen LogP contribution is -2.29. The Bertz CT molecular complexity index is 596. The summed E-state index contributed by atoms with van der Waals surface area (Å²) >= 11 is 0. The highest BCUT2D eigenvalue weighted by atomic mass is 16.2. The normalized spacial score (nSPS) is 9.90. The molecule has 0 fully saturated rings. The van der Waals surface area contributed by atoms with Crippen LogP contribution in [-0.4, -0.2) is 16.8 Å². The molecular formula is C15H15N3O2. The Balaban J connectivity index is 2.01. The third kappa shape index (κ3) is 3.65. The van der Waals surface area contributed by atoms with Crippen molar-refractivity contribution in [2.75, 3.05) is 10.6 Å². The molecule has 0 aliphatic carbocycles. The lowest BCUT2D eigenvalue weighted by molar-refractivity contribution is -0.133. The van der Waals surface area contributed by atoms with Crippen molar-refractivity contribution in [1.82, 2.24) is 4.98 Å². The van der Waals surface area contributed by atoms with Crippen LogP contribution in [0.4, 0.5) is 11.5 Å². The number of nitrogens with one attached hydrogen (secondary N) is 2. The molecule has 0 aliphatic heterocycles. The summed E-state index contributed by atoms with van der Waals surface area (Å²) in [6.07, 6.45) is 0. The predicted octanol–water partition coefficient (Wildman–Crippen LogP) is 2.28. The van der Waals surface area contributed by atoms with Gasteiger partial charge in [0.05, 0.1) is 0 Å². The summed E-state index contributed by atoms with van der Waals surface area (Å²) in [5.74, 6) is -1.11. The van der Waals surface area contributed by atoms with Crippen LogP contribution in [0.2, 0.25) is 0 Å². The first kappa shape index (κ1) is 13.7. The fraction of sp³-hybridized carbons (Fsp3) is 0.133. The third-order valence-corrected chi connectivity index (χ3v) is 2.61. The summed E-state index contributed by atoms with van der Waals surface area (Å²) in [4.78, 5) is 27.6. The zero-order valence-corrected chi connectivity index (χ0v) is 11.3. The minimum atomic E-state index is -0.746. The first-order valence-corrected chi connectivity index (χ1v) is 6.17. The van der Waals surface area contributed by atoms with Crippen LogP contribution < -0.4 is 10.6 Å². The van der Waals surface area contributed by atoms with Gasteiger partial charge in [-0.15, -0.1) is 0 Å². The number of pyridine rings is 1. The van der Waals surface area contributed by atoms with Crippen molar-refractivity contribution < 1.29 is 9.59 Å². The van der Waals surface area contributed by atoms with Gasteiger partial charge in [-0.3, -0.25) is 9.59 Å². The molecule has 0 unspecified atom stereocenters. The molecule has 102 valence electrons. The first-order valence-electron chi connectivity index (χ1n) is 6.17. The van der Waals surface area contributed by atoms with Crippen LogP contribution in [-0.2, 0) is 9.59 Å². The highest BCUT2D eigenvalue weighted by Gasteiger charge is 2.14. The fourth-order valence-electron chi connectivity index (χ4n) is 1.70. The van der Waals surface area contributed by atoms with E-state index >= 15 is 0 Å². The molecule has 0 radical (unpaired) electrons. The van der Waals surface area contributed by atoms with Crippen LogP contribution in [0.15, 0.2) is 42.5 Å². The van der Waals surface area contributed by atoms with Crippen LogP contribution in [0.3, 0.4) is 0 Å². The number of carbonyl (C=O) groups excluding carboxylic acids is 2. The second kappa shape index (κ2) is 5.97. The number of benzene rings is 1. The van der Waals surface area contributed by atoms with Crippen molar-refractivity contribution in [2.45, 2.75) is 13.8 Å². The molecule has 0 aliphatic rings. The maximum atomic E-state index is 11.8. The summed E-state index contributed by atoms with van der Waals surface area (Å²) < 4.78 is 0. The molecule has 0 saturated heterocycles. The third-order valence-electron chi connectivity index (χ3n) is 2.61. The minimum absolute atomic E-state index is 0.356. The maximum Gasteiger partial charge on any atom is 0.315 e. The second-order valence-electron chi connectivity index (χ2n) is 4.44. The number of carbonyl (C=O) groups is 2. The van der Waals surface area contributed by atoms with Crippen molar-refractivity contribution in [3.63, 3.8) is 0 Å². The van der Waals surface area contributed by atoms with Gasteiger partial charge in [0.2, 0.25) is 0 Å². The Morgan fingerprint density at radius 1 is 0.950 bits per heavy atom. The van der Waals surface area contributed by atoms with E-state index in [4.69, 9.17) is 0 Å². The van der Waals surface area contributed by atoms with E-state index in [-0.39, 0.29) is 0 Å². The quantitative estimate of drug-likeness (QED) is 0.822. The molecule has 1 aromatic heterocycles. The van der Waals surface area contributed by atoms with E-state index in [2.05, 4.69) is 15.6 Å². The number of anilines is 2. The van der Waals surface area contributed by atoms with E-state index in [1.165, 1.54) is 0 Å². The van der Waals surface area contributed by atoms with Gasteiger partial charge >= 0.3 is 11.8 Å². The highest BCUT2D eigenvalue weighted by Crippen LogP contribution is 2.10. The zero-order valence-electron chi connectivity index (χ0n) is 11.3. The van der Waals surface area contributed by atoms with E-state index in [9.17, 15) is 9.59 Å². The van der Waals surface area contributed by atoms with Gasteiger partial charge in [-0.2, -0.15) is 0 Å². The fourth-order valence-corrected chi connectivity index (χ4v) is 1.70. The molecule has 1 aromatic carbocycles. The number of nitrogens with zero attached hydrogens (tertiary/aromatic N) is 1. The summed E-state index contributed by atoms with van der Waals surface area (Å²) in [6.45, 7) is 3.72. The van der Waals surface area contributed by atoms with E-state index in [0.29, 0.717) is 11.5 Å². The van der Waals surface area contributed by atoms with Crippen molar-refractivity contribution >= 4 is 23.3 Å². The summed E-state index contributed by atoms with van der Waals surface area (Å²) in [7, 11) is 0. The summed E-state index contributed by atoms with van der Waals surface area (Å²) in [5.41, 5.74) is 2.35. The van der Waals surface area contributed by atoms with Crippen LogP contribution in [0, 0.1) is 13.8 Å². The van der Waals surface area contributed by atoms with Gasteiger partial charge in [-0.25, -0.2) is 4.98 Å². The molecule has 0 spiro atoms. The molecule has 20 heavy (non-hydrogen) atoms. The minimum Gasteiger partial charge on any atom is -0.318 e. The van der Waals surface area contributed by atoms with Gasteiger partial charge in [0.25, 0.3) is 0 Å². The lowest BCUT2D eigenvalue weighted by atomic mass is 10.2. The van der Waals surface area contributed by atoms with Gasteiger partial charge in [0.1, 0.15) is 5.82 Å². The Kier molecular flexibility index (Phi) is 4.10. The van der Waals surface area contributed by atoms with E-state index in [1.54, 1.807) is 24.3 Å². The molecule has 0 bridgehead atoms. The molecule has 2 N–H and O–H groups in total. The number of hydrogen-bond acceptors (Lipinski definition) is 3. The van der Waals surface area contributed by atoms with Crippen LogP contribution in [0.25, 0.3) is 0 Å². The smallest absolute Gasteiger partial charge is 0.315 e. The van der Waals surface area contributed by atoms with Crippen LogP contribution in [0.5, 0.6) is 0 Å². The standard InChI is InChI=1S/C15H15N3O2/c1-10-5-3-7-12(9-10)17-14(19)15(20)18-13-8-4-6-11(2)16-13/h3-9H,1-2H3,(H,17,19)(H,16,18,20). The molecule has 2 amide bonds. The van der Waals surface area contributed by atoms with Gasteiger partial charge < -0.3 is 10.6 Å². The van der Waals surface area contributed by atoms with Crippen molar-refractivity contribution in [3.8, 4) is 0 Å². The van der Waals surface area contributed by atoms with Gasteiger partial charge in [0.15, 0.2) is 0 Å². The number of rotatable bonds is 2. The Morgan fingerprint density at radius 3 is 2.35 bits per heavy atom. The molecule has 1 heterocycles. The molecule has 0 saturated carbocycles. The van der Waals surface area contributed by atoms with Crippen molar-refractivity contribution in [2.24, 2.45) is 0 Å². The molecular weight excluding hydrogens is 254 g/mol. The molecule has 2 rings (SSSR count).